The van der Waals surface area contributed by atoms with E-state index in [4.69, 9.17) is 28.9 Å². The van der Waals surface area contributed by atoms with Crippen molar-refractivity contribution < 1.29 is 4.79 Å². The summed E-state index contributed by atoms with van der Waals surface area (Å²) in [7, 11) is 0. The summed E-state index contributed by atoms with van der Waals surface area (Å²) < 4.78 is 0. The number of nitrogens with one attached hydrogen (secondary N) is 3. The number of H-pyrrole nitrogens is 2. The van der Waals surface area contributed by atoms with Crippen molar-refractivity contribution in [3.63, 3.8) is 0 Å². The number of fused-ring (bicyclic) bond motifs is 1. The Balaban J connectivity index is 1.55. The Bertz CT molecular complexity index is 1190. The fraction of sp³-hybridized carbons (Fsp3) is 0.150. The van der Waals surface area contributed by atoms with Crippen LogP contribution in [0.2, 0.25) is 10.0 Å². The second-order valence-electron chi connectivity index (χ2n) is 6.60. The molecule has 1 amide bonds. The van der Waals surface area contributed by atoms with Crippen LogP contribution in [0.4, 0.5) is 5.95 Å². The standard InChI is InChI=1S/C20H18Cl2N6OS/c21-11-5-6-12(16(22)7-11)14(15-8-24-17-4-2-1-3-13(15)17)9-25-18(29)10-30-20-26-19(23)27-28-20/h1-8,14,24H,9-10H2,(H,25,29)(H3,23,26,27,28). The van der Waals surface area contributed by atoms with Gasteiger partial charge in [-0.05, 0) is 29.3 Å². The second kappa shape index (κ2) is 8.99. The Hall–Kier alpha value is -2.68. The largest absolute Gasteiger partial charge is 0.368 e. The highest BCUT2D eigenvalue weighted by Gasteiger charge is 2.21. The number of nitrogen functional groups attached to an aromatic ring is 1. The molecule has 2 aromatic carbocycles. The molecule has 0 radical (unpaired) electrons. The fourth-order valence-corrected chi connectivity index (χ4v) is 4.45. The zero-order chi connectivity index (χ0) is 21.1. The topological polar surface area (TPSA) is 112 Å². The smallest absolute Gasteiger partial charge is 0.230 e. The number of aromatic amines is 2. The van der Waals surface area contributed by atoms with Gasteiger partial charge in [-0.3, -0.25) is 4.79 Å². The van der Waals surface area contributed by atoms with Crippen molar-refractivity contribution in [2.24, 2.45) is 0 Å². The summed E-state index contributed by atoms with van der Waals surface area (Å²) in [5, 5.41) is 12.1. The number of benzene rings is 2. The number of nitrogens with zero attached hydrogens (tertiary/aromatic N) is 2. The number of hydrogen-bond donors (Lipinski definition) is 4. The van der Waals surface area contributed by atoms with Gasteiger partial charge in [-0.1, -0.05) is 59.2 Å². The highest BCUT2D eigenvalue weighted by molar-refractivity contribution is 7.99. The molecule has 0 aliphatic rings. The van der Waals surface area contributed by atoms with Gasteiger partial charge in [0, 0.05) is 39.6 Å². The summed E-state index contributed by atoms with van der Waals surface area (Å²) in [4.78, 5) is 19.7. The van der Waals surface area contributed by atoms with Crippen LogP contribution in [-0.2, 0) is 4.79 Å². The molecule has 10 heteroatoms. The first kappa shape index (κ1) is 20.6. The molecule has 4 aromatic rings. The van der Waals surface area contributed by atoms with Crippen molar-refractivity contribution >= 4 is 57.7 Å². The van der Waals surface area contributed by atoms with Crippen molar-refractivity contribution in [2.75, 3.05) is 18.0 Å². The maximum absolute atomic E-state index is 12.4. The van der Waals surface area contributed by atoms with E-state index in [-0.39, 0.29) is 23.5 Å². The first-order chi connectivity index (χ1) is 14.5. The highest BCUT2D eigenvalue weighted by Crippen LogP contribution is 2.35. The quantitative estimate of drug-likeness (QED) is 0.308. The Morgan fingerprint density at radius 2 is 2.03 bits per heavy atom. The van der Waals surface area contributed by atoms with Gasteiger partial charge < -0.3 is 16.0 Å². The van der Waals surface area contributed by atoms with E-state index in [0.717, 1.165) is 22.0 Å². The number of thioether (sulfide) groups is 1. The molecule has 0 saturated heterocycles. The number of hydrogen-bond acceptors (Lipinski definition) is 5. The van der Waals surface area contributed by atoms with E-state index in [1.54, 1.807) is 12.1 Å². The van der Waals surface area contributed by atoms with Crippen molar-refractivity contribution in [1.29, 1.82) is 0 Å². The number of aromatic nitrogens is 4. The Labute approximate surface area is 186 Å². The molecule has 0 saturated carbocycles. The molecule has 0 bridgehead atoms. The summed E-state index contributed by atoms with van der Waals surface area (Å²) >= 11 is 13.8. The molecule has 7 nitrogen and oxygen atoms in total. The van der Waals surface area contributed by atoms with Gasteiger partial charge in [-0.25, -0.2) is 5.10 Å². The van der Waals surface area contributed by atoms with Crippen LogP contribution in [0.1, 0.15) is 17.0 Å². The molecule has 1 atom stereocenters. The molecule has 4 rings (SSSR count). The number of anilines is 1. The Kier molecular flexibility index (Phi) is 6.17. The maximum atomic E-state index is 12.4. The summed E-state index contributed by atoms with van der Waals surface area (Å²) in [5.74, 6) is 0.0960. The lowest BCUT2D eigenvalue weighted by molar-refractivity contribution is -0.118. The van der Waals surface area contributed by atoms with Crippen LogP contribution in [0, 0.1) is 0 Å². The summed E-state index contributed by atoms with van der Waals surface area (Å²) in [6, 6.07) is 13.4. The molecule has 0 spiro atoms. The minimum Gasteiger partial charge on any atom is -0.368 e. The first-order valence-corrected chi connectivity index (χ1v) is 10.8. The minimum absolute atomic E-state index is 0.140. The highest BCUT2D eigenvalue weighted by atomic mass is 35.5. The van der Waals surface area contributed by atoms with Gasteiger partial charge in [0.15, 0.2) is 0 Å². The molecule has 1 unspecified atom stereocenters. The average Bonchev–Trinajstić information content (AvgIpc) is 3.34. The van der Waals surface area contributed by atoms with Gasteiger partial charge in [0.1, 0.15) is 0 Å². The molecule has 2 heterocycles. The normalized spacial score (nSPS) is 12.2. The third-order valence-electron chi connectivity index (χ3n) is 4.65. The van der Waals surface area contributed by atoms with Crippen LogP contribution in [0.5, 0.6) is 0 Å². The zero-order valence-electron chi connectivity index (χ0n) is 15.7. The Morgan fingerprint density at radius 1 is 1.20 bits per heavy atom. The lowest BCUT2D eigenvalue weighted by Crippen LogP contribution is -2.30. The minimum atomic E-state index is -0.154. The summed E-state index contributed by atoms with van der Waals surface area (Å²) in [6.07, 6.45) is 1.96. The first-order valence-electron chi connectivity index (χ1n) is 9.09. The zero-order valence-corrected chi connectivity index (χ0v) is 18.0. The molecular weight excluding hydrogens is 443 g/mol. The maximum Gasteiger partial charge on any atom is 0.230 e. The molecular formula is C20H18Cl2N6OS. The van der Waals surface area contributed by atoms with Gasteiger partial charge in [0.2, 0.25) is 17.0 Å². The molecule has 2 aromatic heterocycles. The van der Waals surface area contributed by atoms with E-state index in [0.29, 0.717) is 21.7 Å². The van der Waals surface area contributed by atoms with E-state index in [1.165, 1.54) is 11.8 Å². The number of nitrogens with two attached hydrogens (primary N) is 1. The van der Waals surface area contributed by atoms with Gasteiger partial charge in [0.25, 0.3) is 0 Å². The van der Waals surface area contributed by atoms with Crippen molar-refractivity contribution in [3.05, 3.63) is 69.8 Å². The van der Waals surface area contributed by atoms with Crippen molar-refractivity contribution in [1.82, 2.24) is 25.5 Å². The SMILES string of the molecule is Nc1nc(SCC(=O)NCC(c2ccc(Cl)cc2Cl)c2c[nH]c3ccccc23)n[nH]1. The average molecular weight is 461 g/mol. The van der Waals surface area contributed by atoms with Gasteiger partial charge in [-0.2, -0.15) is 4.98 Å². The number of para-hydroxylation sites is 1. The van der Waals surface area contributed by atoms with Crippen molar-refractivity contribution in [3.8, 4) is 0 Å². The number of rotatable bonds is 7. The summed E-state index contributed by atoms with van der Waals surface area (Å²) in [6.45, 7) is 0.374. The number of carbonyl (C=O) groups excluding carboxylic acids is 1. The van der Waals surface area contributed by atoms with Crippen LogP contribution in [0.3, 0.4) is 0 Å². The van der Waals surface area contributed by atoms with E-state index >= 15 is 0 Å². The molecule has 30 heavy (non-hydrogen) atoms. The molecule has 5 N–H and O–H groups in total. The van der Waals surface area contributed by atoms with E-state index in [1.807, 2.05) is 36.5 Å². The second-order valence-corrected chi connectivity index (χ2v) is 8.39. The monoisotopic (exact) mass is 460 g/mol. The van der Waals surface area contributed by atoms with E-state index in [9.17, 15) is 4.79 Å². The third-order valence-corrected chi connectivity index (χ3v) is 6.06. The van der Waals surface area contributed by atoms with E-state index in [2.05, 4.69) is 25.5 Å². The molecule has 154 valence electrons. The number of amides is 1. The fourth-order valence-electron chi connectivity index (χ4n) is 3.27. The van der Waals surface area contributed by atoms with Crippen LogP contribution >= 0.6 is 35.0 Å². The lowest BCUT2D eigenvalue weighted by Gasteiger charge is -2.19. The van der Waals surface area contributed by atoms with Crippen LogP contribution in [0.15, 0.2) is 53.8 Å². The van der Waals surface area contributed by atoms with Gasteiger partial charge in [-0.15, -0.1) is 5.10 Å². The number of halogens is 2. The predicted molar refractivity (Wildman–Crippen MR) is 121 cm³/mol. The van der Waals surface area contributed by atoms with Gasteiger partial charge >= 0.3 is 0 Å². The van der Waals surface area contributed by atoms with Crippen LogP contribution in [0.25, 0.3) is 10.9 Å². The number of carbonyl (C=O) groups is 1. The Morgan fingerprint density at radius 3 is 2.80 bits per heavy atom. The van der Waals surface area contributed by atoms with Gasteiger partial charge in [0.05, 0.1) is 5.75 Å². The van der Waals surface area contributed by atoms with Crippen molar-refractivity contribution in [2.45, 2.75) is 11.1 Å². The summed E-state index contributed by atoms with van der Waals surface area (Å²) in [5.41, 5.74) is 8.46. The lowest BCUT2D eigenvalue weighted by atomic mass is 9.90. The van der Waals surface area contributed by atoms with Crippen LogP contribution < -0.4 is 11.1 Å². The molecule has 0 aliphatic heterocycles. The molecule has 0 aliphatic carbocycles. The van der Waals surface area contributed by atoms with E-state index < -0.39 is 0 Å². The predicted octanol–water partition coefficient (Wildman–Crippen LogP) is 4.22. The third kappa shape index (κ3) is 4.56. The molecule has 0 fully saturated rings. The van der Waals surface area contributed by atoms with Crippen LogP contribution in [-0.4, -0.2) is 38.4 Å².